The molecule has 3 heterocycles. The lowest BCUT2D eigenvalue weighted by Gasteiger charge is -2.40. The number of nitrogens with zero attached hydrogens (tertiary/aromatic N) is 3. The van der Waals surface area contributed by atoms with E-state index in [-0.39, 0.29) is 23.4 Å². The average molecular weight is 600 g/mol. The minimum Gasteiger partial charge on any atom is -0.492 e. The Hall–Kier alpha value is -3.18. The van der Waals surface area contributed by atoms with Gasteiger partial charge in [-0.2, -0.15) is 4.98 Å². The van der Waals surface area contributed by atoms with Crippen molar-refractivity contribution >= 4 is 37.4 Å². The molecule has 0 spiro atoms. The lowest BCUT2D eigenvalue weighted by molar-refractivity contribution is 0.0196. The number of aromatic nitrogens is 2. The first kappa shape index (κ1) is 31.7. The molecule has 0 saturated heterocycles. The van der Waals surface area contributed by atoms with Crippen molar-refractivity contribution in [2.24, 2.45) is 0 Å². The Morgan fingerprint density at radius 1 is 1.17 bits per heavy atom. The van der Waals surface area contributed by atoms with Gasteiger partial charge in [-0.15, -0.1) is 0 Å². The van der Waals surface area contributed by atoms with Crippen molar-refractivity contribution in [2.75, 3.05) is 37.4 Å². The summed E-state index contributed by atoms with van der Waals surface area (Å²) in [5.74, 6) is 1.03. The molecule has 1 amide bonds. The van der Waals surface area contributed by atoms with Gasteiger partial charge in [-0.1, -0.05) is 26.8 Å². The normalized spacial score (nSPS) is 17.6. The number of hydrogen-bond donors (Lipinski definition) is 2. The molecule has 9 nitrogen and oxygen atoms in total. The molecule has 4 rings (SSSR count). The van der Waals surface area contributed by atoms with E-state index in [2.05, 4.69) is 54.5 Å². The maximum atomic E-state index is 16.6. The molecule has 0 saturated carbocycles. The molecule has 2 aliphatic heterocycles. The highest BCUT2D eigenvalue weighted by molar-refractivity contribution is 6.74. The van der Waals surface area contributed by atoms with Gasteiger partial charge in [0.25, 0.3) is 0 Å². The maximum Gasteiger partial charge on any atom is 0.410 e. The predicted octanol–water partition coefficient (Wildman–Crippen LogP) is 7.06. The molecule has 1 aromatic heterocycles. The van der Waals surface area contributed by atoms with E-state index in [1.807, 2.05) is 39.8 Å². The van der Waals surface area contributed by atoms with Gasteiger partial charge in [0.1, 0.15) is 17.2 Å². The molecule has 11 heteroatoms. The number of fused-ring (bicyclic) bond motifs is 1. The fourth-order valence-electron chi connectivity index (χ4n) is 4.85. The molecule has 0 radical (unpaired) electrons. The van der Waals surface area contributed by atoms with Gasteiger partial charge in [-0.3, -0.25) is 0 Å². The van der Waals surface area contributed by atoms with E-state index < -0.39 is 25.8 Å². The highest BCUT2D eigenvalue weighted by Crippen LogP contribution is 2.44. The first-order chi connectivity index (χ1) is 19.5. The third kappa shape index (κ3) is 7.23. The summed E-state index contributed by atoms with van der Waals surface area (Å²) in [7, 11) is -0.457. The lowest BCUT2D eigenvalue weighted by Crippen LogP contribution is -2.48. The number of nitrogens with one attached hydrogen (secondary N) is 2. The largest absolute Gasteiger partial charge is 0.492 e. The highest BCUT2D eigenvalue weighted by Gasteiger charge is 2.41. The minimum absolute atomic E-state index is 0.0423. The molecule has 42 heavy (non-hydrogen) atoms. The van der Waals surface area contributed by atoms with E-state index in [1.54, 1.807) is 18.0 Å². The van der Waals surface area contributed by atoms with E-state index in [9.17, 15) is 4.79 Å². The Bertz CT molecular complexity index is 1370. The molecular weight excluding hydrogens is 553 g/mol. The number of aryl methyl sites for hydroxylation is 1. The number of carbonyl (C=O) groups excluding carboxylic acids is 1. The molecule has 0 aliphatic carbocycles. The Balaban J connectivity index is 1.77. The second-order valence-electron chi connectivity index (χ2n) is 13.6. The van der Waals surface area contributed by atoms with Crippen LogP contribution >= 0.6 is 0 Å². The summed E-state index contributed by atoms with van der Waals surface area (Å²) in [6.07, 6.45) is 2.23. The molecule has 1 aromatic carbocycles. The number of ether oxygens (including phenoxy) is 2. The number of rotatable bonds is 6. The Labute approximate surface area is 250 Å². The van der Waals surface area contributed by atoms with Gasteiger partial charge >= 0.3 is 6.09 Å². The van der Waals surface area contributed by atoms with E-state index in [0.717, 1.165) is 16.8 Å². The quantitative estimate of drug-likeness (QED) is 0.341. The molecular formula is C31H46FN5O4Si. The van der Waals surface area contributed by atoms with Gasteiger partial charge < -0.3 is 29.4 Å². The highest BCUT2D eigenvalue weighted by atomic mass is 28.4. The van der Waals surface area contributed by atoms with Crippen LogP contribution in [-0.4, -0.2) is 67.7 Å². The topological polar surface area (TPSA) is 97.8 Å². The van der Waals surface area contributed by atoms with Gasteiger partial charge in [0.2, 0.25) is 5.95 Å². The summed E-state index contributed by atoms with van der Waals surface area (Å²) in [6, 6.07) is 3.60. The van der Waals surface area contributed by atoms with Crippen LogP contribution in [0.1, 0.15) is 64.8 Å². The monoisotopic (exact) mass is 599 g/mol. The Kier molecular flexibility index (Phi) is 8.94. The van der Waals surface area contributed by atoms with Crippen molar-refractivity contribution in [3.8, 4) is 5.75 Å². The molecule has 0 bridgehead atoms. The van der Waals surface area contributed by atoms with Crippen LogP contribution in [0.25, 0.3) is 5.57 Å². The average Bonchev–Trinajstić information content (AvgIpc) is 3.21. The fourth-order valence-corrected chi connectivity index (χ4v) is 6.19. The summed E-state index contributed by atoms with van der Waals surface area (Å²) in [4.78, 5) is 23.8. The van der Waals surface area contributed by atoms with Crippen LogP contribution in [0.3, 0.4) is 0 Å². The zero-order valence-electron chi connectivity index (χ0n) is 26.7. The van der Waals surface area contributed by atoms with Crippen LogP contribution in [0.15, 0.2) is 18.2 Å². The van der Waals surface area contributed by atoms with Gasteiger partial charge in [-0.05, 0) is 63.9 Å². The Morgan fingerprint density at radius 2 is 1.88 bits per heavy atom. The van der Waals surface area contributed by atoms with Crippen LogP contribution in [0.5, 0.6) is 5.75 Å². The van der Waals surface area contributed by atoms with E-state index >= 15 is 4.39 Å². The van der Waals surface area contributed by atoms with E-state index in [4.69, 9.17) is 13.9 Å². The molecule has 230 valence electrons. The number of anilines is 3. The SMILES string of the molecule is CNc1cc(C)nc(Nc2cc3c(c(C4=CCN(C(=O)OC(C)(C)C)CC(O[Si](C)(C)C(C)(C)C)C4)c2F)OCC3)n1. The summed E-state index contributed by atoms with van der Waals surface area (Å²) in [5, 5.41) is 6.08. The van der Waals surface area contributed by atoms with Gasteiger partial charge in [0.15, 0.2) is 14.1 Å². The van der Waals surface area contributed by atoms with Crippen molar-refractivity contribution in [3.63, 3.8) is 0 Å². The maximum absolute atomic E-state index is 16.6. The molecule has 2 aromatic rings. The minimum atomic E-state index is -2.23. The third-order valence-corrected chi connectivity index (χ3v) is 12.5. The molecule has 1 unspecified atom stereocenters. The standard InChI is InChI=1S/C31H46FN5O4Si/c1-19-15-24(33-8)36-28(34-19)35-23-17-21-12-14-39-27(21)25(26(23)32)20-11-13-37(29(38)40-30(2,3)4)18-22(16-20)41-42(9,10)31(5,6)7/h11,15,17,22H,12-14,16,18H2,1-10H3,(H2,33,34,35,36). The number of amides is 1. The van der Waals surface area contributed by atoms with Crippen LogP contribution in [0, 0.1) is 12.7 Å². The summed E-state index contributed by atoms with van der Waals surface area (Å²) in [6.45, 7) is 19.4. The van der Waals surface area contributed by atoms with E-state index in [1.165, 1.54) is 0 Å². The van der Waals surface area contributed by atoms with E-state index in [0.29, 0.717) is 49.1 Å². The Morgan fingerprint density at radius 3 is 2.52 bits per heavy atom. The summed E-state index contributed by atoms with van der Waals surface area (Å²) < 4.78 is 35.1. The number of halogens is 1. The number of carbonyl (C=O) groups is 1. The summed E-state index contributed by atoms with van der Waals surface area (Å²) in [5.41, 5.74) is 2.43. The van der Waals surface area contributed by atoms with Gasteiger partial charge in [0.05, 0.1) is 24.0 Å². The molecule has 2 aliphatic rings. The van der Waals surface area contributed by atoms with Crippen LogP contribution < -0.4 is 15.4 Å². The lowest BCUT2D eigenvalue weighted by atomic mass is 9.95. The molecule has 2 N–H and O–H groups in total. The zero-order chi connectivity index (χ0) is 31.0. The van der Waals surface area contributed by atoms with Gasteiger partial charge in [-0.25, -0.2) is 14.2 Å². The van der Waals surface area contributed by atoms with Crippen molar-refractivity contribution < 1.29 is 23.1 Å². The van der Waals surface area contributed by atoms with Gasteiger partial charge in [0, 0.05) is 43.9 Å². The molecule has 0 fully saturated rings. The van der Waals surface area contributed by atoms with Crippen LogP contribution in [0.2, 0.25) is 18.1 Å². The smallest absolute Gasteiger partial charge is 0.410 e. The second kappa shape index (κ2) is 11.8. The number of hydrogen-bond acceptors (Lipinski definition) is 8. The van der Waals surface area contributed by atoms with Crippen molar-refractivity contribution in [1.82, 2.24) is 14.9 Å². The van der Waals surface area contributed by atoms with Crippen molar-refractivity contribution in [1.29, 1.82) is 0 Å². The molecule has 1 atom stereocenters. The summed E-state index contributed by atoms with van der Waals surface area (Å²) >= 11 is 0. The first-order valence-corrected chi connectivity index (χ1v) is 17.5. The fraction of sp³-hybridized carbons (Fsp3) is 0.581. The van der Waals surface area contributed by atoms with Crippen LogP contribution in [0.4, 0.5) is 26.6 Å². The third-order valence-electron chi connectivity index (χ3n) is 7.94. The number of benzene rings is 1. The van der Waals surface area contributed by atoms with Crippen molar-refractivity contribution in [3.05, 3.63) is 40.8 Å². The predicted molar refractivity (Wildman–Crippen MR) is 168 cm³/mol. The second-order valence-corrected chi connectivity index (χ2v) is 18.4. The van der Waals surface area contributed by atoms with Crippen molar-refractivity contribution in [2.45, 2.75) is 91.1 Å². The zero-order valence-corrected chi connectivity index (χ0v) is 27.7. The van der Waals surface area contributed by atoms with Crippen LogP contribution in [-0.2, 0) is 15.6 Å². The first-order valence-electron chi connectivity index (χ1n) is 14.6.